The zero-order valence-electron chi connectivity index (χ0n) is 39.9. The van der Waals surface area contributed by atoms with Gasteiger partial charge in [-0.3, -0.25) is 13.8 Å². The second kappa shape index (κ2) is 43.0. The Morgan fingerprint density at radius 1 is 0.574 bits per heavy atom. The fourth-order valence-corrected chi connectivity index (χ4v) is 7.21. The largest absolute Gasteiger partial charge is 0.472 e. The SMILES string of the molecule is CC/C=C\C/C=C\C/C=C\C/C=C\CCCCCCCCCCC(=O)NC(COP(=O)(O)OCC[N+](C)(C)C)C(O)/C=C/CC/C=C/CC/C=C/CCCCCCCCCC. The molecule has 1 amide bonds. The van der Waals surface area contributed by atoms with Crippen LogP contribution in [0.3, 0.4) is 0 Å². The Bertz CT molecular complexity index is 1260. The molecular weight excluding hydrogens is 780 g/mol. The third-order valence-electron chi connectivity index (χ3n) is 10.3. The number of likely N-dealkylation sites (N-methyl/N-ethyl adjacent to an activating group) is 1. The molecule has 0 bridgehead atoms. The van der Waals surface area contributed by atoms with E-state index in [4.69, 9.17) is 9.05 Å². The van der Waals surface area contributed by atoms with Crippen molar-refractivity contribution in [3.05, 3.63) is 85.1 Å². The average molecular weight is 874 g/mol. The number of hydrogen-bond acceptors (Lipinski definition) is 5. The quantitative estimate of drug-likeness (QED) is 0.0244. The predicted octanol–water partition coefficient (Wildman–Crippen LogP) is 14.1. The topological polar surface area (TPSA) is 105 Å². The number of rotatable bonds is 43. The van der Waals surface area contributed by atoms with E-state index < -0.39 is 20.0 Å². The van der Waals surface area contributed by atoms with Crippen LogP contribution in [0.4, 0.5) is 0 Å². The molecule has 0 radical (unpaired) electrons. The van der Waals surface area contributed by atoms with Crippen molar-refractivity contribution in [2.75, 3.05) is 40.9 Å². The van der Waals surface area contributed by atoms with Gasteiger partial charge in [0.25, 0.3) is 0 Å². The third kappa shape index (κ3) is 45.5. The van der Waals surface area contributed by atoms with Gasteiger partial charge >= 0.3 is 7.82 Å². The average Bonchev–Trinajstić information content (AvgIpc) is 3.21. The van der Waals surface area contributed by atoms with Crippen molar-refractivity contribution >= 4 is 13.7 Å². The van der Waals surface area contributed by atoms with Crippen LogP contribution in [0.5, 0.6) is 0 Å². The second-order valence-corrected chi connectivity index (χ2v) is 18.9. The normalized spacial score (nSPS) is 14.9. The summed E-state index contributed by atoms with van der Waals surface area (Å²) in [7, 11) is 1.53. The van der Waals surface area contributed by atoms with Crippen LogP contribution in [-0.4, -0.2) is 73.4 Å². The fourth-order valence-electron chi connectivity index (χ4n) is 6.47. The molecule has 3 unspecified atom stereocenters. The standard InChI is InChI=1S/C52H93N2O6P/c1-6-8-10-12-14-16-18-20-22-24-26-27-28-30-32-34-36-38-40-42-44-46-52(56)53-50(49-60-61(57,58)59-48-47-54(3,4)5)51(55)45-43-41-39-37-35-33-31-29-25-23-21-19-17-15-13-11-9-7-2/h8,10,14,16,20,22,25-27,29,35,37,43,45,50-51,55H,6-7,9,11-13,15,17-19,21,23-24,28,30-34,36,38-42,44,46-49H2,1-5H3,(H-,53,56,57,58)/p+1/b10-8-,16-14-,22-20-,27-26-,29-25+,37-35+,45-43+. The first-order chi connectivity index (χ1) is 29.5. The summed E-state index contributed by atoms with van der Waals surface area (Å²) in [6, 6.07) is -0.879. The number of unbranched alkanes of at least 4 members (excludes halogenated alkanes) is 18. The molecule has 0 heterocycles. The number of nitrogens with one attached hydrogen (secondary N) is 1. The van der Waals surface area contributed by atoms with Crippen molar-refractivity contribution in [3.8, 4) is 0 Å². The first kappa shape index (κ1) is 58.7. The van der Waals surface area contributed by atoms with Gasteiger partial charge in [0.1, 0.15) is 13.2 Å². The fraction of sp³-hybridized carbons (Fsp3) is 0.712. The number of hydrogen-bond donors (Lipinski definition) is 3. The van der Waals surface area contributed by atoms with Crippen LogP contribution < -0.4 is 5.32 Å². The number of aliphatic hydroxyl groups excluding tert-OH is 1. The first-order valence-corrected chi connectivity index (χ1v) is 26.0. The molecule has 0 aliphatic rings. The molecule has 9 heteroatoms. The van der Waals surface area contributed by atoms with Gasteiger partial charge in [0, 0.05) is 6.42 Å². The van der Waals surface area contributed by atoms with Crippen molar-refractivity contribution in [2.24, 2.45) is 0 Å². The maximum absolute atomic E-state index is 12.9. The lowest BCUT2D eigenvalue weighted by Gasteiger charge is -2.25. The second-order valence-electron chi connectivity index (χ2n) is 17.4. The Balaban J connectivity index is 4.45. The van der Waals surface area contributed by atoms with Gasteiger partial charge < -0.3 is 19.8 Å². The molecule has 0 aromatic carbocycles. The smallest absolute Gasteiger partial charge is 0.387 e. The van der Waals surface area contributed by atoms with E-state index in [0.29, 0.717) is 17.4 Å². The summed E-state index contributed by atoms with van der Waals surface area (Å²) in [4.78, 5) is 23.2. The molecule has 0 saturated heterocycles. The highest BCUT2D eigenvalue weighted by Gasteiger charge is 2.27. The molecule has 3 atom stereocenters. The Morgan fingerprint density at radius 3 is 1.51 bits per heavy atom. The number of phosphoric acid groups is 1. The molecule has 0 spiro atoms. The highest BCUT2D eigenvalue weighted by molar-refractivity contribution is 7.47. The van der Waals surface area contributed by atoms with Crippen LogP contribution in [0.1, 0.15) is 187 Å². The molecule has 0 fully saturated rings. The Kier molecular flexibility index (Phi) is 41.3. The summed E-state index contributed by atoms with van der Waals surface area (Å²) >= 11 is 0. The van der Waals surface area contributed by atoms with E-state index in [-0.39, 0.29) is 19.1 Å². The van der Waals surface area contributed by atoms with Crippen molar-refractivity contribution in [3.63, 3.8) is 0 Å². The number of carbonyl (C=O) groups is 1. The summed E-state index contributed by atoms with van der Waals surface area (Å²) in [5.41, 5.74) is 0. The Labute approximate surface area is 376 Å². The maximum Gasteiger partial charge on any atom is 0.472 e. The molecular formula is C52H94N2O6P+. The van der Waals surface area contributed by atoms with Gasteiger partial charge in [-0.2, -0.15) is 0 Å². The molecule has 0 rings (SSSR count). The van der Waals surface area contributed by atoms with E-state index in [9.17, 15) is 19.4 Å². The number of aliphatic hydroxyl groups is 1. The lowest BCUT2D eigenvalue weighted by atomic mass is 10.1. The minimum atomic E-state index is -4.36. The highest BCUT2D eigenvalue weighted by atomic mass is 31.2. The van der Waals surface area contributed by atoms with Crippen LogP contribution in [0.25, 0.3) is 0 Å². The molecule has 0 aliphatic heterocycles. The number of nitrogens with zero attached hydrogens (tertiary/aromatic N) is 1. The van der Waals surface area contributed by atoms with E-state index in [1.165, 1.54) is 83.5 Å². The molecule has 0 aliphatic carbocycles. The minimum absolute atomic E-state index is 0.0475. The number of allylic oxidation sites excluding steroid dienone is 13. The lowest BCUT2D eigenvalue weighted by Crippen LogP contribution is -2.45. The zero-order chi connectivity index (χ0) is 45.0. The van der Waals surface area contributed by atoms with Crippen LogP contribution in [0.15, 0.2) is 85.1 Å². The van der Waals surface area contributed by atoms with Gasteiger partial charge in [0.2, 0.25) is 5.91 Å². The Morgan fingerprint density at radius 2 is 1.00 bits per heavy atom. The van der Waals surface area contributed by atoms with E-state index in [1.54, 1.807) is 6.08 Å². The third-order valence-corrected chi connectivity index (χ3v) is 11.3. The van der Waals surface area contributed by atoms with E-state index in [0.717, 1.165) is 83.5 Å². The molecule has 0 saturated carbocycles. The van der Waals surface area contributed by atoms with Crippen LogP contribution in [-0.2, 0) is 18.4 Å². The summed E-state index contributed by atoms with van der Waals surface area (Å²) < 4.78 is 23.6. The van der Waals surface area contributed by atoms with Crippen molar-refractivity contribution in [1.82, 2.24) is 5.32 Å². The van der Waals surface area contributed by atoms with Gasteiger partial charge in [-0.25, -0.2) is 4.57 Å². The van der Waals surface area contributed by atoms with E-state index >= 15 is 0 Å². The number of phosphoric ester groups is 1. The maximum atomic E-state index is 12.9. The van der Waals surface area contributed by atoms with Gasteiger partial charge in [-0.1, -0.05) is 182 Å². The molecule has 61 heavy (non-hydrogen) atoms. The molecule has 0 aromatic heterocycles. The van der Waals surface area contributed by atoms with Gasteiger partial charge in [-0.15, -0.1) is 0 Å². The van der Waals surface area contributed by atoms with E-state index in [2.05, 4.69) is 92.1 Å². The molecule has 8 nitrogen and oxygen atoms in total. The number of quaternary nitrogens is 1. The van der Waals surface area contributed by atoms with Crippen LogP contribution in [0.2, 0.25) is 0 Å². The molecule has 0 aromatic rings. The monoisotopic (exact) mass is 874 g/mol. The van der Waals surface area contributed by atoms with Crippen molar-refractivity contribution in [2.45, 2.75) is 199 Å². The van der Waals surface area contributed by atoms with Crippen LogP contribution >= 0.6 is 7.82 Å². The van der Waals surface area contributed by atoms with E-state index in [1.807, 2.05) is 27.2 Å². The lowest BCUT2D eigenvalue weighted by molar-refractivity contribution is -0.870. The predicted molar refractivity (Wildman–Crippen MR) is 263 cm³/mol. The van der Waals surface area contributed by atoms with Gasteiger partial charge in [0.15, 0.2) is 0 Å². The summed E-state index contributed by atoms with van der Waals surface area (Å²) in [5, 5.41) is 13.8. The van der Waals surface area contributed by atoms with Crippen molar-refractivity contribution in [1.29, 1.82) is 0 Å². The minimum Gasteiger partial charge on any atom is -0.387 e. The number of amides is 1. The summed E-state index contributed by atoms with van der Waals surface area (Å²) in [6.45, 7) is 4.65. The summed E-state index contributed by atoms with van der Waals surface area (Å²) in [5.74, 6) is -0.203. The Hall–Kier alpha value is -2.32. The van der Waals surface area contributed by atoms with Gasteiger partial charge in [-0.05, 0) is 83.5 Å². The zero-order valence-corrected chi connectivity index (χ0v) is 40.8. The van der Waals surface area contributed by atoms with Crippen molar-refractivity contribution < 1.29 is 32.9 Å². The highest BCUT2D eigenvalue weighted by Crippen LogP contribution is 2.43. The van der Waals surface area contributed by atoms with Crippen LogP contribution in [0, 0.1) is 0 Å². The number of carbonyl (C=O) groups excluding carboxylic acids is 1. The first-order valence-electron chi connectivity index (χ1n) is 24.5. The summed E-state index contributed by atoms with van der Waals surface area (Å²) in [6.07, 6.45) is 59.4. The molecule has 3 N–H and O–H groups in total. The molecule has 352 valence electrons. The van der Waals surface area contributed by atoms with Gasteiger partial charge in [0.05, 0.1) is 39.9 Å².